The lowest BCUT2D eigenvalue weighted by atomic mass is 9.97. The van der Waals surface area contributed by atoms with Crippen molar-refractivity contribution in [3.63, 3.8) is 0 Å². The maximum atomic E-state index is 13.5. The predicted octanol–water partition coefficient (Wildman–Crippen LogP) is 3.97. The first-order valence-electron chi connectivity index (χ1n) is 10.7. The average molecular weight is 443 g/mol. The third-order valence-electron chi connectivity index (χ3n) is 5.64. The summed E-state index contributed by atoms with van der Waals surface area (Å²) in [5, 5.41) is 4.90. The van der Waals surface area contributed by atoms with Crippen LogP contribution in [0.5, 0.6) is 0 Å². The van der Waals surface area contributed by atoms with Crippen molar-refractivity contribution in [2.24, 2.45) is 11.8 Å². The summed E-state index contributed by atoms with van der Waals surface area (Å²) < 4.78 is 15.6. The minimum absolute atomic E-state index is 0.0534. The van der Waals surface area contributed by atoms with Crippen LogP contribution in [0, 0.1) is 17.7 Å². The van der Waals surface area contributed by atoms with Gasteiger partial charge in [-0.15, -0.1) is 11.3 Å². The number of carbonyl (C=O) groups excluding carboxylic acids is 1. The Morgan fingerprint density at radius 3 is 2.81 bits per heavy atom. The zero-order valence-electron chi connectivity index (χ0n) is 17.8. The quantitative estimate of drug-likeness (QED) is 0.627. The standard InChI is InChI=1S/C23H27FN4O2S/c1-15(2)9-11-25-21(29)16-4-3-12-27(14-16)23-26-19-10-13-31-20(19)22(30)28(23)18-7-5-17(24)6-8-18/h5-8,10,13,15-16H,3-4,9,11-12,14H2,1-2H3,(H,25,29)/t16-/m0/s1. The molecule has 0 aliphatic carbocycles. The number of aromatic nitrogens is 2. The highest BCUT2D eigenvalue weighted by molar-refractivity contribution is 7.17. The molecule has 1 fully saturated rings. The largest absolute Gasteiger partial charge is 0.356 e. The summed E-state index contributed by atoms with van der Waals surface area (Å²) in [6.45, 7) is 6.15. The van der Waals surface area contributed by atoms with E-state index in [1.165, 1.54) is 28.0 Å². The van der Waals surface area contributed by atoms with E-state index < -0.39 is 0 Å². The Kier molecular flexibility index (Phi) is 6.36. The summed E-state index contributed by atoms with van der Waals surface area (Å²) in [6.07, 6.45) is 2.59. The number of nitrogens with one attached hydrogen (secondary N) is 1. The Balaban J connectivity index is 1.66. The maximum Gasteiger partial charge on any atom is 0.277 e. The van der Waals surface area contributed by atoms with E-state index >= 15 is 0 Å². The van der Waals surface area contributed by atoms with Gasteiger partial charge >= 0.3 is 0 Å². The van der Waals surface area contributed by atoms with Crippen molar-refractivity contribution in [2.45, 2.75) is 33.1 Å². The molecule has 3 heterocycles. The number of carbonyl (C=O) groups is 1. The van der Waals surface area contributed by atoms with Gasteiger partial charge in [0.05, 0.1) is 17.1 Å². The molecule has 164 valence electrons. The Morgan fingerprint density at radius 2 is 2.06 bits per heavy atom. The first-order chi connectivity index (χ1) is 14.9. The molecule has 1 amide bonds. The highest BCUT2D eigenvalue weighted by atomic mass is 32.1. The monoisotopic (exact) mass is 442 g/mol. The number of rotatable bonds is 6. The minimum Gasteiger partial charge on any atom is -0.356 e. The summed E-state index contributed by atoms with van der Waals surface area (Å²) in [5.74, 6) is 0.576. The van der Waals surface area contributed by atoms with Crippen molar-refractivity contribution < 1.29 is 9.18 Å². The third-order valence-corrected chi connectivity index (χ3v) is 6.53. The van der Waals surface area contributed by atoms with Crippen LogP contribution >= 0.6 is 11.3 Å². The molecule has 0 radical (unpaired) electrons. The fourth-order valence-corrected chi connectivity index (χ4v) is 4.70. The molecule has 1 atom stereocenters. The van der Waals surface area contributed by atoms with E-state index in [0.717, 1.165) is 19.3 Å². The summed E-state index contributed by atoms with van der Waals surface area (Å²) in [4.78, 5) is 32.8. The smallest absolute Gasteiger partial charge is 0.277 e. The number of anilines is 1. The number of thiophene rings is 1. The molecular weight excluding hydrogens is 415 g/mol. The van der Waals surface area contributed by atoms with Crippen molar-refractivity contribution >= 4 is 33.4 Å². The molecule has 2 aromatic heterocycles. The molecule has 6 nitrogen and oxygen atoms in total. The highest BCUT2D eigenvalue weighted by Crippen LogP contribution is 2.26. The average Bonchev–Trinajstić information content (AvgIpc) is 3.23. The second-order valence-corrected chi connectivity index (χ2v) is 9.34. The van der Waals surface area contributed by atoms with Gasteiger partial charge in [-0.25, -0.2) is 13.9 Å². The van der Waals surface area contributed by atoms with Crippen molar-refractivity contribution in [3.05, 3.63) is 51.9 Å². The normalized spacial score (nSPS) is 16.8. The molecule has 0 bridgehead atoms. The van der Waals surface area contributed by atoms with Crippen LogP contribution in [-0.2, 0) is 4.79 Å². The SMILES string of the molecule is CC(C)CCNC(=O)[C@H]1CCCN(c2nc3ccsc3c(=O)n2-c2ccc(F)cc2)C1. The van der Waals surface area contributed by atoms with E-state index in [1.54, 1.807) is 12.1 Å². The van der Waals surface area contributed by atoms with Crippen LogP contribution in [0.15, 0.2) is 40.5 Å². The molecule has 0 unspecified atom stereocenters. The molecule has 1 saturated heterocycles. The van der Waals surface area contributed by atoms with E-state index in [4.69, 9.17) is 4.98 Å². The Labute approximate surface area is 184 Å². The zero-order chi connectivity index (χ0) is 22.0. The van der Waals surface area contributed by atoms with Crippen LogP contribution in [0.3, 0.4) is 0 Å². The van der Waals surface area contributed by atoms with Gasteiger partial charge in [-0.05, 0) is 60.9 Å². The molecule has 1 aromatic carbocycles. The van der Waals surface area contributed by atoms with Crippen LogP contribution in [-0.4, -0.2) is 35.1 Å². The second-order valence-electron chi connectivity index (χ2n) is 8.42. The van der Waals surface area contributed by atoms with Gasteiger partial charge < -0.3 is 10.2 Å². The summed E-state index contributed by atoms with van der Waals surface area (Å²) in [6, 6.07) is 7.68. The third kappa shape index (κ3) is 4.63. The topological polar surface area (TPSA) is 67.2 Å². The van der Waals surface area contributed by atoms with Crippen LogP contribution in [0.4, 0.5) is 10.3 Å². The molecule has 0 spiro atoms. The molecule has 31 heavy (non-hydrogen) atoms. The Hall–Kier alpha value is -2.74. The lowest BCUT2D eigenvalue weighted by molar-refractivity contribution is -0.125. The lowest BCUT2D eigenvalue weighted by Crippen LogP contribution is -2.45. The van der Waals surface area contributed by atoms with Crippen molar-refractivity contribution in [2.75, 3.05) is 24.5 Å². The van der Waals surface area contributed by atoms with Crippen LogP contribution in [0.25, 0.3) is 15.9 Å². The second kappa shape index (κ2) is 9.18. The molecule has 1 aliphatic heterocycles. The summed E-state index contributed by atoms with van der Waals surface area (Å²) >= 11 is 1.35. The summed E-state index contributed by atoms with van der Waals surface area (Å²) in [7, 11) is 0. The number of amides is 1. The van der Waals surface area contributed by atoms with Crippen LogP contribution < -0.4 is 15.8 Å². The first-order valence-corrected chi connectivity index (χ1v) is 11.6. The van der Waals surface area contributed by atoms with E-state index in [1.807, 2.05) is 16.3 Å². The van der Waals surface area contributed by atoms with E-state index in [2.05, 4.69) is 19.2 Å². The molecule has 1 N–H and O–H groups in total. The van der Waals surface area contributed by atoms with Gasteiger partial charge in [0.2, 0.25) is 11.9 Å². The van der Waals surface area contributed by atoms with Gasteiger partial charge in [0.25, 0.3) is 5.56 Å². The Bertz CT molecular complexity index is 1120. The van der Waals surface area contributed by atoms with Crippen LogP contribution in [0.1, 0.15) is 33.1 Å². The zero-order valence-corrected chi connectivity index (χ0v) is 18.6. The highest BCUT2D eigenvalue weighted by Gasteiger charge is 2.29. The number of fused-ring (bicyclic) bond motifs is 1. The number of hydrogen-bond donors (Lipinski definition) is 1. The molecular formula is C23H27FN4O2S. The molecule has 4 rings (SSSR count). The van der Waals surface area contributed by atoms with Gasteiger partial charge in [-0.1, -0.05) is 13.8 Å². The van der Waals surface area contributed by atoms with Gasteiger partial charge in [0, 0.05) is 19.6 Å². The number of halogens is 1. The number of nitrogens with zero attached hydrogens (tertiary/aromatic N) is 3. The van der Waals surface area contributed by atoms with Gasteiger partial charge in [-0.3, -0.25) is 9.59 Å². The number of benzene rings is 1. The van der Waals surface area contributed by atoms with Gasteiger partial charge in [-0.2, -0.15) is 0 Å². The molecule has 0 saturated carbocycles. The Morgan fingerprint density at radius 1 is 1.29 bits per heavy atom. The minimum atomic E-state index is -0.361. The van der Waals surface area contributed by atoms with Crippen molar-refractivity contribution in [1.29, 1.82) is 0 Å². The van der Waals surface area contributed by atoms with E-state index in [9.17, 15) is 14.0 Å². The van der Waals surface area contributed by atoms with Gasteiger partial charge in [0.15, 0.2) is 0 Å². The summed E-state index contributed by atoms with van der Waals surface area (Å²) in [5.41, 5.74) is 1.03. The number of hydrogen-bond acceptors (Lipinski definition) is 5. The molecule has 8 heteroatoms. The first kappa shape index (κ1) is 21.5. The maximum absolute atomic E-state index is 13.5. The molecule has 3 aromatic rings. The predicted molar refractivity (Wildman–Crippen MR) is 123 cm³/mol. The lowest BCUT2D eigenvalue weighted by Gasteiger charge is -2.34. The van der Waals surface area contributed by atoms with E-state index in [0.29, 0.717) is 47.4 Å². The van der Waals surface area contributed by atoms with Crippen molar-refractivity contribution in [1.82, 2.24) is 14.9 Å². The van der Waals surface area contributed by atoms with Gasteiger partial charge in [0.1, 0.15) is 10.5 Å². The van der Waals surface area contributed by atoms with Crippen LogP contribution in [0.2, 0.25) is 0 Å². The fraction of sp³-hybridized carbons (Fsp3) is 0.435. The number of piperidine rings is 1. The fourth-order valence-electron chi connectivity index (χ4n) is 3.94. The van der Waals surface area contributed by atoms with Crippen molar-refractivity contribution in [3.8, 4) is 5.69 Å². The molecule has 1 aliphatic rings. The van der Waals surface area contributed by atoms with E-state index in [-0.39, 0.29) is 23.2 Å².